The second-order valence-electron chi connectivity index (χ2n) is 5.47. The highest BCUT2D eigenvalue weighted by atomic mass is 35.5. The average Bonchev–Trinajstić information content (AvgIpc) is 2.99. The third-order valence-corrected chi connectivity index (χ3v) is 4.11. The highest BCUT2D eigenvalue weighted by molar-refractivity contribution is 6.35. The van der Waals surface area contributed by atoms with Crippen LogP contribution in [0.1, 0.15) is 21.5 Å². The Morgan fingerprint density at radius 1 is 1.31 bits per heavy atom. The van der Waals surface area contributed by atoms with E-state index in [9.17, 15) is 22.4 Å². The monoisotopic (exact) mass is 386 g/mol. The Morgan fingerprint density at radius 2 is 2.04 bits per heavy atom. The molecule has 0 bridgehead atoms. The van der Waals surface area contributed by atoms with Gasteiger partial charge in [-0.15, -0.1) is 0 Å². The molecule has 0 atom stereocenters. The maximum atomic E-state index is 14.5. The molecule has 0 spiro atoms. The Bertz CT molecular complexity index is 998. The second kappa shape index (κ2) is 6.60. The van der Waals surface area contributed by atoms with Gasteiger partial charge in [-0.1, -0.05) is 23.7 Å². The van der Waals surface area contributed by atoms with Gasteiger partial charge in [-0.3, -0.25) is 4.68 Å². The summed E-state index contributed by atoms with van der Waals surface area (Å²) in [5.74, 6) is -1.62. The van der Waals surface area contributed by atoms with Gasteiger partial charge in [0.15, 0.2) is 0 Å². The molecular formula is C17H11ClF4N2O2. The van der Waals surface area contributed by atoms with E-state index in [1.54, 1.807) is 0 Å². The van der Waals surface area contributed by atoms with Crippen LogP contribution in [-0.2, 0) is 17.5 Å². The normalized spacial score (nSPS) is 11.8. The topological polar surface area (TPSA) is 44.1 Å². The van der Waals surface area contributed by atoms with Gasteiger partial charge in [0, 0.05) is 10.9 Å². The summed E-state index contributed by atoms with van der Waals surface area (Å²) in [4.78, 5) is 11.6. The van der Waals surface area contributed by atoms with Crippen molar-refractivity contribution in [3.63, 3.8) is 0 Å². The molecule has 0 fully saturated rings. The summed E-state index contributed by atoms with van der Waals surface area (Å²) in [6.45, 7) is -0.120. The van der Waals surface area contributed by atoms with Gasteiger partial charge in [0.25, 0.3) is 0 Å². The molecular weight excluding hydrogens is 376 g/mol. The van der Waals surface area contributed by atoms with Crippen LogP contribution in [-0.4, -0.2) is 22.9 Å². The highest BCUT2D eigenvalue weighted by Gasteiger charge is 2.31. The van der Waals surface area contributed by atoms with Gasteiger partial charge < -0.3 is 4.74 Å². The molecule has 0 unspecified atom stereocenters. The van der Waals surface area contributed by atoms with E-state index in [1.165, 1.54) is 29.1 Å². The number of hydrogen-bond donors (Lipinski definition) is 0. The molecule has 0 amide bonds. The molecule has 1 heterocycles. The summed E-state index contributed by atoms with van der Waals surface area (Å²) in [6.07, 6.45) is -3.32. The minimum Gasteiger partial charge on any atom is -0.465 e. The number of halogens is 5. The fraction of sp³-hybridized carbons (Fsp3) is 0.176. The van der Waals surface area contributed by atoms with Crippen LogP contribution in [0.3, 0.4) is 0 Å². The van der Waals surface area contributed by atoms with Crippen LogP contribution in [0.2, 0.25) is 5.02 Å². The van der Waals surface area contributed by atoms with Crippen molar-refractivity contribution in [2.45, 2.75) is 12.7 Å². The van der Waals surface area contributed by atoms with E-state index >= 15 is 0 Å². The smallest absolute Gasteiger partial charge is 0.416 e. The summed E-state index contributed by atoms with van der Waals surface area (Å²) in [7, 11) is 1.13. The van der Waals surface area contributed by atoms with E-state index in [1.807, 2.05) is 0 Å². The van der Waals surface area contributed by atoms with Crippen LogP contribution < -0.4 is 0 Å². The standard InChI is InChI=1S/C17H11ClF4N2O2/c1-26-16(25)12-4-2-3-9(14(12)19)8-24-15-10(7-23-24)5-11(6-13(15)18)17(20,21)22/h2-7H,8H2,1H3. The van der Waals surface area contributed by atoms with Crippen molar-refractivity contribution in [2.75, 3.05) is 7.11 Å². The van der Waals surface area contributed by atoms with Crippen molar-refractivity contribution in [3.8, 4) is 0 Å². The fourth-order valence-corrected chi connectivity index (χ4v) is 2.92. The van der Waals surface area contributed by atoms with Crippen LogP contribution in [0.4, 0.5) is 17.6 Å². The Morgan fingerprint density at radius 3 is 2.69 bits per heavy atom. The van der Waals surface area contributed by atoms with Crippen LogP contribution >= 0.6 is 11.6 Å². The number of methoxy groups -OCH3 is 1. The lowest BCUT2D eigenvalue weighted by Gasteiger charge is -2.11. The Balaban J connectivity index is 2.05. The zero-order valence-corrected chi connectivity index (χ0v) is 14.0. The number of nitrogens with zero attached hydrogens (tertiary/aromatic N) is 2. The average molecular weight is 387 g/mol. The number of carbonyl (C=O) groups is 1. The zero-order chi connectivity index (χ0) is 19.1. The third kappa shape index (κ3) is 3.24. The van der Waals surface area contributed by atoms with Crippen molar-refractivity contribution in [1.29, 1.82) is 0 Å². The number of benzene rings is 2. The Labute approximate surface area is 149 Å². The Hall–Kier alpha value is -2.61. The van der Waals surface area contributed by atoms with Crippen LogP contribution in [0.5, 0.6) is 0 Å². The van der Waals surface area contributed by atoms with Crippen LogP contribution in [0.15, 0.2) is 36.5 Å². The van der Waals surface area contributed by atoms with Crippen molar-refractivity contribution in [1.82, 2.24) is 9.78 Å². The van der Waals surface area contributed by atoms with E-state index in [2.05, 4.69) is 9.84 Å². The summed E-state index contributed by atoms with van der Waals surface area (Å²) in [6, 6.07) is 5.90. The number of ether oxygens (including phenoxy) is 1. The van der Waals surface area contributed by atoms with Crippen molar-refractivity contribution < 1.29 is 27.1 Å². The molecule has 26 heavy (non-hydrogen) atoms. The maximum absolute atomic E-state index is 14.5. The van der Waals surface area contributed by atoms with Crippen LogP contribution in [0.25, 0.3) is 10.9 Å². The van der Waals surface area contributed by atoms with Gasteiger partial charge in [0.2, 0.25) is 0 Å². The lowest BCUT2D eigenvalue weighted by molar-refractivity contribution is -0.137. The lowest BCUT2D eigenvalue weighted by Crippen LogP contribution is -2.10. The second-order valence-corrected chi connectivity index (χ2v) is 5.87. The number of rotatable bonds is 3. The SMILES string of the molecule is COC(=O)c1cccc(Cn2ncc3cc(C(F)(F)F)cc(Cl)c32)c1F. The summed E-state index contributed by atoms with van der Waals surface area (Å²) in [5.41, 5.74) is -0.781. The van der Waals surface area contributed by atoms with Gasteiger partial charge in [0.1, 0.15) is 5.82 Å². The molecule has 0 saturated carbocycles. The van der Waals surface area contributed by atoms with Gasteiger partial charge in [0.05, 0.1) is 41.5 Å². The first kappa shape index (κ1) is 18.2. The first-order chi connectivity index (χ1) is 12.2. The molecule has 0 saturated heterocycles. The molecule has 0 aliphatic rings. The molecule has 136 valence electrons. The molecule has 3 rings (SSSR count). The van der Waals surface area contributed by atoms with E-state index in [4.69, 9.17) is 11.6 Å². The summed E-state index contributed by atoms with van der Waals surface area (Å²) >= 11 is 6.00. The zero-order valence-electron chi connectivity index (χ0n) is 13.3. The number of aromatic nitrogens is 2. The quantitative estimate of drug-likeness (QED) is 0.485. The van der Waals surface area contributed by atoms with Gasteiger partial charge in [-0.05, 0) is 18.2 Å². The maximum Gasteiger partial charge on any atom is 0.416 e. The van der Waals surface area contributed by atoms with E-state index in [-0.39, 0.29) is 33.6 Å². The molecule has 0 aliphatic carbocycles. The predicted octanol–water partition coefficient (Wildman–Crippen LogP) is 4.68. The summed E-state index contributed by atoms with van der Waals surface area (Å²) < 4.78 is 58.9. The molecule has 1 aromatic heterocycles. The molecule has 9 heteroatoms. The molecule has 0 aliphatic heterocycles. The molecule has 4 nitrogen and oxygen atoms in total. The third-order valence-electron chi connectivity index (χ3n) is 3.82. The van der Waals surface area contributed by atoms with Crippen molar-refractivity contribution in [3.05, 3.63) is 64.1 Å². The Kier molecular flexibility index (Phi) is 4.62. The van der Waals surface area contributed by atoms with Crippen molar-refractivity contribution in [2.24, 2.45) is 0 Å². The van der Waals surface area contributed by atoms with Crippen molar-refractivity contribution >= 4 is 28.5 Å². The van der Waals surface area contributed by atoms with E-state index in [0.717, 1.165) is 19.2 Å². The first-order valence-electron chi connectivity index (χ1n) is 7.30. The van der Waals surface area contributed by atoms with Gasteiger partial charge in [-0.25, -0.2) is 9.18 Å². The largest absolute Gasteiger partial charge is 0.465 e. The first-order valence-corrected chi connectivity index (χ1v) is 7.68. The van der Waals surface area contributed by atoms with E-state index in [0.29, 0.717) is 0 Å². The van der Waals surface area contributed by atoms with Gasteiger partial charge in [-0.2, -0.15) is 18.3 Å². The molecule has 3 aromatic rings. The van der Waals surface area contributed by atoms with Gasteiger partial charge >= 0.3 is 12.1 Å². The number of alkyl halides is 3. The number of fused-ring (bicyclic) bond motifs is 1. The molecule has 2 aromatic carbocycles. The lowest BCUT2D eigenvalue weighted by atomic mass is 10.1. The highest BCUT2D eigenvalue weighted by Crippen LogP contribution is 2.35. The molecule has 0 N–H and O–H groups in total. The minimum atomic E-state index is -4.54. The fourth-order valence-electron chi connectivity index (χ4n) is 2.60. The number of hydrogen-bond acceptors (Lipinski definition) is 3. The molecule has 0 radical (unpaired) electrons. The number of esters is 1. The number of carbonyl (C=O) groups excluding carboxylic acids is 1. The van der Waals surface area contributed by atoms with Crippen LogP contribution in [0, 0.1) is 5.82 Å². The van der Waals surface area contributed by atoms with E-state index < -0.39 is 23.5 Å². The predicted molar refractivity (Wildman–Crippen MR) is 86.6 cm³/mol. The summed E-state index contributed by atoms with van der Waals surface area (Å²) in [5, 5.41) is 4.01. The minimum absolute atomic E-state index is 0.119.